The van der Waals surface area contributed by atoms with Gasteiger partial charge in [0.2, 0.25) is 0 Å². The molecule has 6 heteroatoms. The molecule has 0 bridgehead atoms. The fourth-order valence-corrected chi connectivity index (χ4v) is 2.27. The summed E-state index contributed by atoms with van der Waals surface area (Å²) >= 11 is 0. The zero-order chi connectivity index (χ0) is 15.6. The third-order valence-corrected chi connectivity index (χ3v) is 3.57. The Bertz CT molecular complexity index is 647. The summed E-state index contributed by atoms with van der Waals surface area (Å²) in [6.07, 6.45) is 2.16. The van der Waals surface area contributed by atoms with Crippen LogP contribution in [0.5, 0.6) is 5.75 Å². The second kappa shape index (κ2) is 5.79. The number of H-pyrrole nitrogens is 1. The number of carbonyl (C=O) groups is 1. The number of rotatable bonds is 6. The van der Waals surface area contributed by atoms with Crippen LogP contribution in [0, 0.1) is 0 Å². The summed E-state index contributed by atoms with van der Waals surface area (Å²) in [5.74, 6) is 0.954. The first kappa shape index (κ1) is 14.6. The lowest BCUT2D eigenvalue weighted by molar-refractivity contribution is 0.0820. The number of aromatic nitrogens is 3. The van der Waals surface area contributed by atoms with Crippen molar-refractivity contribution in [3.63, 3.8) is 0 Å². The van der Waals surface area contributed by atoms with Crippen molar-refractivity contribution in [1.82, 2.24) is 20.7 Å². The quantitative estimate of drug-likeness (QED) is 0.857. The molecule has 6 nitrogen and oxygen atoms in total. The number of para-hydroxylation sites is 1. The topological polar surface area (TPSA) is 79.9 Å². The van der Waals surface area contributed by atoms with Crippen LogP contribution in [0.1, 0.15) is 48.8 Å². The first-order chi connectivity index (χ1) is 10.6. The molecule has 2 aromatic rings. The molecular weight excluding hydrogens is 280 g/mol. The average Bonchev–Trinajstić information content (AvgIpc) is 3.22. The maximum absolute atomic E-state index is 12.3. The third-order valence-electron chi connectivity index (χ3n) is 3.57. The number of hydrogen-bond donors (Lipinski definition) is 2. The van der Waals surface area contributed by atoms with E-state index in [0.717, 1.165) is 24.3 Å². The Morgan fingerprint density at radius 3 is 2.73 bits per heavy atom. The van der Waals surface area contributed by atoms with Crippen molar-refractivity contribution >= 4 is 5.91 Å². The molecule has 3 rings (SSSR count). The van der Waals surface area contributed by atoms with Gasteiger partial charge in [0, 0.05) is 5.92 Å². The van der Waals surface area contributed by atoms with Gasteiger partial charge >= 0.3 is 0 Å². The van der Waals surface area contributed by atoms with E-state index in [4.69, 9.17) is 4.74 Å². The highest BCUT2D eigenvalue weighted by Crippen LogP contribution is 2.39. The molecule has 2 N–H and O–H groups in total. The van der Waals surface area contributed by atoms with Gasteiger partial charge in [-0.05, 0) is 38.8 Å². The number of nitrogens with one attached hydrogen (secondary N) is 2. The van der Waals surface area contributed by atoms with Crippen LogP contribution in [-0.2, 0) is 0 Å². The molecule has 0 unspecified atom stereocenters. The van der Waals surface area contributed by atoms with Crippen molar-refractivity contribution in [3.05, 3.63) is 41.7 Å². The predicted molar refractivity (Wildman–Crippen MR) is 81.8 cm³/mol. The van der Waals surface area contributed by atoms with Gasteiger partial charge in [0.1, 0.15) is 11.4 Å². The normalized spacial score (nSPS) is 14.6. The Kier molecular flexibility index (Phi) is 3.83. The van der Waals surface area contributed by atoms with Crippen LogP contribution >= 0.6 is 0 Å². The van der Waals surface area contributed by atoms with E-state index in [1.807, 2.05) is 44.2 Å². The highest BCUT2D eigenvalue weighted by atomic mass is 16.5. The minimum absolute atomic E-state index is 0.208. The molecule has 0 radical (unpaired) electrons. The number of benzene rings is 1. The van der Waals surface area contributed by atoms with Crippen LogP contribution in [0.2, 0.25) is 0 Å². The average molecular weight is 300 g/mol. The van der Waals surface area contributed by atoms with Crippen molar-refractivity contribution < 1.29 is 9.53 Å². The van der Waals surface area contributed by atoms with Gasteiger partial charge in [0.05, 0.1) is 12.2 Å². The summed E-state index contributed by atoms with van der Waals surface area (Å²) in [6.45, 7) is 4.26. The van der Waals surface area contributed by atoms with Crippen LogP contribution in [0.3, 0.4) is 0 Å². The van der Waals surface area contributed by atoms with Crippen LogP contribution in [-0.4, -0.2) is 33.5 Å². The Morgan fingerprint density at radius 2 is 2.05 bits per heavy atom. The van der Waals surface area contributed by atoms with Crippen LogP contribution in [0.4, 0.5) is 0 Å². The van der Waals surface area contributed by atoms with Crippen molar-refractivity contribution in [2.45, 2.75) is 38.2 Å². The summed E-state index contributed by atoms with van der Waals surface area (Å²) in [5.41, 5.74) is 0.665. The molecule has 1 aromatic heterocycles. The Morgan fingerprint density at radius 1 is 1.32 bits per heavy atom. The molecule has 0 atom stereocenters. The van der Waals surface area contributed by atoms with Gasteiger partial charge in [-0.1, -0.05) is 18.2 Å². The van der Waals surface area contributed by atoms with Crippen LogP contribution in [0.25, 0.3) is 0 Å². The van der Waals surface area contributed by atoms with E-state index < -0.39 is 5.60 Å². The monoisotopic (exact) mass is 300 g/mol. The molecule has 116 valence electrons. The lowest BCUT2D eigenvalue weighted by Gasteiger charge is -2.26. The Hall–Kier alpha value is -2.37. The molecular formula is C16H20N4O2. The highest BCUT2D eigenvalue weighted by Gasteiger charge is 2.32. The molecule has 1 aliphatic rings. The van der Waals surface area contributed by atoms with Gasteiger partial charge in [0.25, 0.3) is 5.91 Å². The summed E-state index contributed by atoms with van der Waals surface area (Å²) in [7, 11) is 0. The number of aromatic amines is 1. The first-order valence-electron chi connectivity index (χ1n) is 7.48. The van der Waals surface area contributed by atoms with Crippen LogP contribution < -0.4 is 10.1 Å². The zero-order valence-electron chi connectivity index (χ0n) is 12.8. The lowest BCUT2D eigenvalue weighted by Crippen LogP contribution is -2.43. The van der Waals surface area contributed by atoms with Gasteiger partial charge in [-0.2, -0.15) is 15.4 Å². The first-order valence-corrected chi connectivity index (χ1v) is 7.48. The van der Waals surface area contributed by atoms with E-state index in [-0.39, 0.29) is 5.91 Å². The molecule has 0 aliphatic heterocycles. The fraction of sp³-hybridized carbons (Fsp3) is 0.438. The largest absolute Gasteiger partial charge is 0.486 e. The SMILES string of the molecule is CC(C)(CNC(=O)c1n[nH]nc1C1CC1)Oc1ccccc1. The maximum Gasteiger partial charge on any atom is 0.273 e. The van der Waals surface area contributed by atoms with Crippen molar-refractivity contribution in [1.29, 1.82) is 0 Å². The molecule has 22 heavy (non-hydrogen) atoms. The van der Waals surface area contributed by atoms with Gasteiger partial charge in [-0.15, -0.1) is 0 Å². The summed E-state index contributed by atoms with van der Waals surface area (Å²) in [5, 5.41) is 13.5. The lowest BCUT2D eigenvalue weighted by atomic mass is 10.1. The highest BCUT2D eigenvalue weighted by molar-refractivity contribution is 5.93. The molecule has 0 saturated heterocycles. The smallest absolute Gasteiger partial charge is 0.273 e. The van der Waals surface area contributed by atoms with E-state index in [1.165, 1.54) is 0 Å². The number of ether oxygens (including phenoxy) is 1. The minimum atomic E-state index is -0.513. The van der Waals surface area contributed by atoms with Gasteiger partial charge < -0.3 is 10.1 Å². The van der Waals surface area contributed by atoms with E-state index in [2.05, 4.69) is 20.7 Å². The second-order valence-electron chi connectivity index (χ2n) is 6.19. The molecule has 1 aliphatic carbocycles. The van der Waals surface area contributed by atoms with Crippen molar-refractivity contribution in [3.8, 4) is 5.75 Å². The molecule has 1 heterocycles. The number of carbonyl (C=O) groups excluding carboxylic acids is 1. The van der Waals surface area contributed by atoms with Gasteiger partial charge in [-0.25, -0.2) is 0 Å². The molecule has 0 spiro atoms. The number of hydrogen-bond acceptors (Lipinski definition) is 4. The minimum Gasteiger partial charge on any atom is -0.486 e. The van der Waals surface area contributed by atoms with Crippen molar-refractivity contribution in [2.24, 2.45) is 0 Å². The van der Waals surface area contributed by atoms with E-state index in [9.17, 15) is 4.79 Å². The summed E-state index contributed by atoms with van der Waals surface area (Å²) < 4.78 is 5.90. The molecule has 1 amide bonds. The summed E-state index contributed by atoms with van der Waals surface area (Å²) in [6, 6.07) is 9.56. The Labute approximate surface area is 129 Å². The van der Waals surface area contributed by atoms with E-state index >= 15 is 0 Å². The molecule has 1 aromatic carbocycles. The molecule has 1 fully saturated rings. The Balaban J connectivity index is 1.58. The second-order valence-corrected chi connectivity index (χ2v) is 6.19. The van der Waals surface area contributed by atoms with E-state index in [1.54, 1.807) is 0 Å². The third kappa shape index (κ3) is 3.44. The van der Waals surface area contributed by atoms with Gasteiger partial charge in [0.15, 0.2) is 5.69 Å². The molecule has 1 saturated carbocycles. The standard InChI is InChI=1S/C16H20N4O2/c1-16(2,22-12-6-4-3-5-7-12)10-17-15(21)14-13(11-8-9-11)18-20-19-14/h3-7,11H,8-10H2,1-2H3,(H,17,21)(H,18,19,20). The maximum atomic E-state index is 12.3. The zero-order valence-corrected chi connectivity index (χ0v) is 12.8. The predicted octanol–water partition coefficient (Wildman–Crippen LogP) is 2.27. The van der Waals surface area contributed by atoms with Crippen molar-refractivity contribution in [2.75, 3.05) is 6.54 Å². The number of amides is 1. The number of nitrogens with zero attached hydrogens (tertiary/aromatic N) is 2. The van der Waals surface area contributed by atoms with E-state index in [0.29, 0.717) is 18.2 Å². The van der Waals surface area contributed by atoms with Crippen LogP contribution in [0.15, 0.2) is 30.3 Å². The van der Waals surface area contributed by atoms with Gasteiger partial charge in [-0.3, -0.25) is 4.79 Å². The fourth-order valence-electron chi connectivity index (χ4n) is 2.27. The summed E-state index contributed by atoms with van der Waals surface area (Å²) in [4.78, 5) is 12.3.